The Hall–Kier alpha value is -2.58. The minimum absolute atomic E-state index is 0.00386. The molecule has 0 bridgehead atoms. The summed E-state index contributed by atoms with van der Waals surface area (Å²) in [7, 11) is 1.16. The highest BCUT2D eigenvalue weighted by atomic mass is 19.4. The molecule has 130 valence electrons. The van der Waals surface area contributed by atoms with E-state index in [0.29, 0.717) is 16.8 Å². The molecular formula is C15H18F3N5O. The summed E-state index contributed by atoms with van der Waals surface area (Å²) in [5, 5.41) is 0. The van der Waals surface area contributed by atoms with Gasteiger partial charge >= 0.3 is 6.18 Å². The Morgan fingerprint density at radius 2 is 1.83 bits per heavy atom. The number of nitrogens with two attached hydrogens (primary N) is 2. The highest BCUT2D eigenvalue weighted by Gasteiger charge is 2.36. The second-order valence-corrected chi connectivity index (χ2v) is 5.56. The summed E-state index contributed by atoms with van der Waals surface area (Å²) in [4.78, 5) is 11.7. The third kappa shape index (κ3) is 3.66. The lowest BCUT2D eigenvalue weighted by Gasteiger charge is -2.18. The molecule has 9 heteroatoms. The van der Waals surface area contributed by atoms with Gasteiger partial charge in [0.25, 0.3) is 0 Å². The van der Waals surface area contributed by atoms with Gasteiger partial charge in [-0.25, -0.2) is 9.97 Å². The molecule has 0 fully saturated rings. The molecule has 2 aromatic rings. The van der Waals surface area contributed by atoms with Crippen molar-refractivity contribution in [1.82, 2.24) is 15.0 Å². The van der Waals surface area contributed by atoms with Gasteiger partial charge in [-0.15, -0.1) is 0 Å². The lowest BCUT2D eigenvalue weighted by molar-refractivity contribution is -0.139. The van der Waals surface area contributed by atoms with Gasteiger partial charge in [0.05, 0.1) is 12.8 Å². The second kappa shape index (κ2) is 6.50. The van der Waals surface area contributed by atoms with E-state index in [2.05, 4.69) is 15.0 Å². The molecule has 4 N–H and O–H groups in total. The van der Waals surface area contributed by atoms with Gasteiger partial charge in [-0.2, -0.15) is 18.2 Å². The number of pyridine rings is 1. The number of methoxy groups -OCH3 is 1. The van der Waals surface area contributed by atoms with Gasteiger partial charge in [-0.3, -0.25) is 0 Å². The molecule has 0 unspecified atom stereocenters. The summed E-state index contributed by atoms with van der Waals surface area (Å²) in [5.41, 5.74) is 11.6. The molecule has 0 radical (unpaired) electrons. The summed E-state index contributed by atoms with van der Waals surface area (Å²) >= 11 is 0. The minimum Gasteiger partial charge on any atom is -0.481 e. The summed E-state index contributed by atoms with van der Waals surface area (Å²) in [6.45, 7) is 3.67. The molecule has 0 atom stereocenters. The Bertz CT molecular complexity index is 747. The van der Waals surface area contributed by atoms with Crippen molar-refractivity contribution in [3.63, 3.8) is 0 Å². The van der Waals surface area contributed by atoms with Crippen molar-refractivity contribution in [3.8, 4) is 5.88 Å². The van der Waals surface area contributed by atoms with Crippen molar-refractivity contribution in [2.75, 3.05) is 18.6 Å². The predicted molar refractivity (Wildman–Crippen MR) is 83.5 cm³/mol. The number of alkyl halides is 3. The first-order chi connectivity index (χ1) is 11.1. The number of rotatable bonds is 4. The fourth-order valence-corrected chi connectivity index (χ4v) is 2.33. The van der Waals surface area contributed by atoms with Crippen molar-refractivity contribution >= 4 is 11.8 Å². The molecule has 0 aliphatic heterocycles. The molecule has 0 aliphatic carbocycles. The first kappa shape index (κ1) is 17.8. The molecule has 2 aromatic heterocycles. The summed E-state index contributed by atoms with van der Waals surface area (Å²) < 4.78 is 44.5. The Balaban J connectivity index is 2.58. The summed E-state index contributed by atoms with van der Waals surface area (Å²) in [6.07, 6.45) is -3.06. The van der Waals surface area contributed by atoms with Crippen molar-refractivity contribution in [2.24, 2.45) is 0 Å². The number of hydrogen-bond acceptors (Lipinski definition) is 6. The van der Waals surface area contributed by atoms with Gasteiger partial charge in [0.15, 0.2) is 0 Å². The molecule has 0 spiro atoms. The van der Waals surface area contributed by atoms with E-state index in [9.17, 15) is 13.2 Å². The quantitative estimate of drug-likeness (QED) is 0.887. The van der Waals surface area contributed by atoms with Crippen molar-refractivity contribution in [2.45, 2.75) is 32.4 Å². The normalized spacial score (nSPS) is 11.8. The Kier molecular flexibility index (Phi) is 4.81. The predicted octanol–water partition coefficient (Wildman–Crippen LogP) is 2.78. The van der Waals surface area contributed by atoms with Crippen LogP contribution in [0.3, 0.4) is 0 Å². The van der Waals surface area contributed by atoms with E-state index in [1.54, 1.807) is 0 Å². The Morgan fingerprint density at radius 1 is 1.17 bits per heavy atom. The van der Waals surface area contributed by atoms with Crippen LogP contribution in [-0.4, -0.2) is 22.1 Å². The number of aromatic nitrogens is 3. The largest absolute Gasteiger partial charge is 0.481 e. The van der Waals surface area contributed by atoms with Crippen LogP contribution in [0.15, 0.2) is 12.3 Å². The number of nitrogen functional groups attached to an aromatic ring is 2. The number of hydrogen-bond donors (Lipinski definition) is 2. The van der Waals surface area contributed by atoms with E-state index in [0.717, 1.165) is 13.2 Å². The molecule has 0 amide bonds. The molecule has 2 heterocycles. The smallest absolute Gasteiger partial charge is 0.421 e. The second-order valence-electron chi connectivity index (χ2n) is 5.56. The van der Waals surface area contributed by atoms with Gasteiger partial charge in [0.1, 0.15) is 11.4 Å². The Morgan fingerprint density at radius 3 is 2.33 bits per heavy atom. The maximum absolute atomic E-state index is 13.2. The first-order valence-corrected chi connectivity index (χ1v) is 7.15. The fourth-order valence-electron chi connectivity index (χ4n) is 2.33. The fraction of sp³-hybridized carbons (Fsp3) is 0.400. The number of ether oxygens (including phenoxy) is 1. The van der Waals surface area contributed by atoms with Crippen LogP contribution in [0.25, 0.3) is 0 Å². The van der Waals surface area contributed by atoms with E-state index >= 15 is 0 Å². The summed E-state index contributed by atoms with van der Waals surface area (Å²) in [6, 6.07) is 1.04. The van der Waals surface area contributed by atoms with E-state index < -0.39 is 17.6 Å². The number of halogens is 3. The van der Waals surface area contributed by atoms with Crippen LogP contribution in [0, 0.1) is 0 Å². The average molecular weight is 341 g/mol. The van der Waals surface area contributed by atoms with Crippen LogP contribution in [0.4, 0.5) is 24.9 Å². The first-order valence-electron chi connectivity index (χ1n) is 7.15. The van der Waals surface area contributed by atoms with Crippen LogP contribution in [0.1, 0.15) is 42.1 Å². The van der Waals surface area contributed by atoms with E-state index in [1.807, 2.05) is 13.8 Å². The number of nitrogens with zero attached hydrogens (tertiary/aromatic N) is 3. The van der Waals surface area contributed by atoms with Gasteiger partial charge in [-0.05, 0) is 17.5 Å². The molecule has 0 aromatic carbocycles. The van der Waals surface area contributed by atoms with E-state index in [4.69, 9.17) is 16.2 Å². The van der Waals surface area contributed by atoms with Crippen LogP contribution in [0.2, 0.25) is 0 Å². The zero-order valence-corrected chi connectivity index (χ0v) is 13.5. The van der Waals surface area contributed by atoms with Crippen molar-refractivity contribution in [1.29, 1.82) is 0 Å². The monoisotopic (exact) mass is 341 g/mol. The summed E-state index contributed by atoms with van der Waals surface area (Å²) in [5.74, 6) is -0.422. The molecule has 6 nitrogen and oxygen atoms in total. The highest BCUT2D eigenvalue weighted by Crippen LogP contribution is 2.38. The highest BCUT2D eigenvalue weighted by molar-refractivity contribution is 5.46. The van der Waals surface area contributed by atoms with Gasteiger partial charge in [-0.1, -0.05) is 13.8 Å². The average Bonchev–Trinajstić information content (AvgIpc) is 2.48. The van der Waals surface area contributed by atoms with Crippen LogP contribution in [-0.2, 0) is 12.6 Å². The van der Waals surface area contributed by atoms with Crippen LogP contribution in [0.5, 0.6) is 5.88 Å². The molecule has 0 saturated heterocycles. The van der Waals surface area contributed by atoms with E-state index in [-0.39, 0.29) is 24.1 Å². The maximum atomic E-state index is 13.2. The molecule has 0 aliphatic rings. The standard InChI is InChI=1S/C15H18F3N5O/c1-7(2)11-8(4-9-6-21-14(20)23-12(9)19)5-10(15(16,17)18)13(22-11)24-3/h5-7H,4H2,1-3H3,(H4,19,20,21,23). The third-order valence-corrected chi connectivity index (χ3v) is 3.44. The molecule has 0 saturated carbocycles. The van der Waals surface area contributed by atoms with Crippen molar-refractivity contribution in [3.05, 3.63) is 34.6 Å². The topological polar surface area (TPSA) is 99.9 Å². The zero-order chi connectivity index (χ0) is 18.1. The lowest BCUT2D eigenvalue weighted by atomic mass is 9.97. The molecular weight excluding hydrogens is 323 g/mol. The SMILES string of the molecule is COc1nc(C(C)C)c(Cc2cnc(N)nc2N)cc1C(F)(F)F. The van der Waals surface area contributed by atoms with Crippen LogP contribution < -0.4 is 16.2 Å². The lowest BCUT2D eigenvalue weighted by Crippen LogP contribution is -2.13. The van der Waals surface area contributed by atoms with Gasteiger partial charge in [0.2, 0.25) is 11.8 Å². The van der Waals surface area contributed by atoms with Crippen molar-refractivity contribution < 1.29 is 17.9 Å². The van der Waals surface area contributed by atoms with Gasteiger partial charge < -0.3 is 16.2 Å². The molecule has 2 rings (SSSR count). The Labute approximate surface area is 137 Å². The minimum atomic E-state index is -4.58. The van der Waals surface area contributed by atoms with Crippen LogP contribution >= 0.6 is 0 Å². The maximum Gasteiger partial charge on any atom is 0.421 e. The third-order valence-electron chi connectivity index (χ3n) is 3.44. The van der Waals surface area contributed by atoms with Gasteiger partial charge in [0, 0.05) is 18.2 Å². The zero-order valence-electron chi connectivity index (χ0n) is 13.5. The van der Waals surface area contributed by atoms with E-state index in [1.165, 1.54) is 6.20 Å². The molecule has 24 heavy (non-hydrogen) atoms. The number of anilines is 2.